The number of anilines is 1. The van der Waals surface area contributed by atoms with Gasteiger partial charge in [0.05, 0.1) is 19.5 Å². The van der Waals surface area contributed by atoms with Gasteiger partial charge in [-0.15, -0.1) is 0 Å². The van der Waals surface area contributed by atoms with Crippen LogP contribution in [0.4, 0.5) is 11.6 Å². The smallest absolute Gasteiger partial charge is 0.386 e. The Morgan fingerprint density at radius 3 is 2.33 bits per heavy atom. The molecule has 0 aromatic carbocycles. The van der Waals surface area contributed by atoms with Crippen LogP contribution in [0.1, 0.15) is 12.5 Å². The molecule has 3 aliphatic rings. The average Bonchev–Trinajstić information content (AvgIpc) is 3.74. The average molecular weight is 736 g/mol. The first-order valence-electron chi connectivity index (χ1n) is 13.1. The summed E-state index contributed by atoms with van der Waals surface area (Å²) in [5.41, 5.74) is 6.40. The van der Waals surface area contributed by atoms with Crippen LogP contribution in [0.5, 0.6) is 0 Å². The minimum atomic E-state index is -4.41. The molecule has 4 aromatic heterocycles. The van der Waals surface area contributed by atoms with Gasteiger partial charge in [-0.05, 0) is 6.72 Å². The van der Waals surface area contributed by atoms with Crippen molar-refractivity contribution < 1.29 is 46.9 Å². The molecule has 20 nitrogen and oxygen atoms in total. The predicted molar refractivity (Wildman–Crippen MR) is 165 cm³/mol. The highest BCUT2D eigenvalue weighted by Gasteiger charge is 2.53. The second-order valence-corrected chi connectivity index (χ2v) is 16.8. The van der Waals surface area contributed by atoms with E-state index in [-0.39, 0.29) is 33.1 Å². The molecule has 0 aliphatic carbocycles. The number of aliphatic imine (C=N–C) groups is 1. The number of aromatic nitrogens is 7. The first-order valence-corrected chi connectivity index (χ1v) is 19.3. The van der Waals surface area contributed by atoms with E-state index in [1.807, 2.05) is 0 Å². The zero-order valence-corrected chi connectivity index (χ0v) is 27.3. The van der Waals surface area contributed by atoms with Crippen molar-refractivity contribution in [1.29, 1.82) is 0 Å². The zero-order chi connectivity index (χ0) is 32.5. The van der Waals surface area contributed by atoms with Crippen LogP contribution in [0, 0.1) is 0 Å². The topological polar surface area (TPSA) is 260 Å². The van der Waals surface area contributed by atoms with Crippen molar-refractivity contribution in [2.75, 3.05) is 18.9 Å². The molecule has 3 fully saturated rings. The third kappa shape index (κ3) is 5.62. The van der Waals surface area contributed by atoms with Gasteiger partial charge in [0.25, 0.3) is 0 Å². The van der Waals surface area contributed by atoms with Gasteiger partial charge in [-0.1, -0.05) is 35.8 Å². The number of thiol groups is 2. The first-order chi connectivity index (χ1) is 21.9. The van der Waals surface area contributed by atoms with Gasteiger partial charge in [0, 0.05) is 0 Å². The van der Waals surface area contributed by atoms with Crippen LogP contribution in [0.3, 0.4) is 0 Å². The van der Waals surface area contributed by atoms with E-state index in [0.29, 0.717) is 0 Å². The van der Waals surface area contributed by atoms with E-state index in [1.165, 1.54) is 17.2 Å². The number of nitrogens with two attached hydrogens (primary N) is 1. The van der Waals surface area contributed by atoms with Gasteiger partial charge in [0.15, 0.2) is 35.4 Å². The highest BCUT2D eigenvalue weighted by atomic mass is 32.7. The Hall–Kier alpha value is -2.37. The standard InChI is InChI=1S/C21H23N9O11P2S3/c1-23-16-14-18(27-5-25-16)30(21(33)46-14)20-13-10(31)7(38-20)2-36-42(34,44)40-12-8(3-37-43(35,45)41-13)39-19(11(12)32)29-6-28-9-15(22)24-4-26-17(9)29/h4-8,10-13,19-20,31-32H,1-3H2,(H,34,44)(H,35,45)(H2,22,24,26)/t7-,8-,10-,11-,12-,13-,19-,20-,42?,43?/m1/s1. The number of aliphatic hydroxyl groups is 2. The highest BCUT2D eigenvalue weighted by molar-refractivity contribution is 8.44. The van der Waals surface area contributed by atoms with Crippen LogP contribution in [0.25, 0.3) is 21.5 Å². The first kappa shape index (κ1) is 32.2. The molecule has 246 valence electrons. The molecule has 0 spiro atoms. The lowest BCUT2D eigenvalue weighted by atomic mass is 10.1. The van der Waals surface area contributed by atoms with Crippen molar-refractivity contribution in [2.45, 2.75) is 49.1 Å². The fourth-order valence-electron chi connectivity index (χ4n) is 5.33. The normalized spacial score (nSPS) is 37.0. The van der Waals surface area contributed by atoms with Crippen LogP contribution in [-0.4, -0.2) is 101 Å². The van der Waals surface area contributed by atoms with E-state index >= 15 is 0 Å². The molecule has 0 amide bonds. The van der Waals surface area contributed by atoms with Gasteiger partial charge in [-0.2, -0.15) is 0 Å². The van der Waals surface area contributed by atoms with Gasteiger partial charge in [-0.25, -0.2) is 39.0 Å². The third-order valence-electron chi connectivity index (χ3n) is 7.38. The summed E-state index contributed by atoms with van der Waals surface area (Å²) in [6, 6.07) is 0. The molecule has 25 heteroatoms. The molecule has 7 heterocycles. The van der Waals surface area contributed by atoms with Crippen LogP contribution in [0.15, 0.2) is 28.8 Å². The van der Waals surface area contributed by atoms with E-state index in [9.17, 15) is 24.1 Å². The van der Waals surface area contributed by atoms with Crippen molar-refractivity contribution >= 4 is 89.3 Å². The number of imidazole rings is 1. The van der Waals surface area contributed by atoms with Crippen LogP contribution in [-0.2, 0) is 36.7 Å². The number of aliphatic hydroxyl groups excluding tert-OH is 2. The minimum absolute atomic E-state index is 0.0697. The Labute approximate surface area is 271 Å². The van der Waals surface area contributed by atoms with Gasteiger partial charge in [-0.3, -0.25) is 32.0 Å². The van der Waals surface area contributed by atoms with Gasteiger partial charge >= 0.3 is 18.5 Å². The summed E-state index contributed by atoms with van der Waals surface area (Å²) in [5, 5.41) is 22.5. The van der Waals surface area contributed by atoms with Crippen molar-refractivity contribution in [2.24, 2.45) is 4.99 Å². The molecule has 4 aromatic rings. The number of ether oxygens (including phenoxy) is 2. The second kappa shape index (κ2) is 11.9. The summed E-state index contributed by atoms with van der Waals surface area (Å²) < 4.78 is 63.9. The Morgan fingerprint density at radius 2 is 1.59 bits per heavy atom. The number of nitrogens with zero attached hydrogens (tertiary/aromatic N) is 8. The van der Waals surface area contributed by atoms with Crippen LogP contribution >= 0.6 is 49.4 Å². The Balaban J connectivity index is 1.22. The summed E-state index contributed by atoms with van der Waals surface area (Å²) in [6.45, 7) is -6.53. The lowest BCUT2D eigenvalue weighted by molar-refractivity contribution is -0.0579. The van der Waals surface area contributed by atoms with E-state index in [4.69, 9.17) is 33.3 Å². The third-order valence-corrected chi connectivity index (χ3v) is 11.6. The van der Waals surface area contributed by atoms with Gasteiger partial charge in [0.2, 0.25) is 0 Å². The maximum Gasteiger partial charge on any atom is 0.386 e. The van der Waals surface area contributed by atoms with E-state index in [1.54, 1.807) is 0 Å². The summed E-state index contributed by atoms with van der Waals surface area (Å²) >= 11 is 8.87. The summed E-state index contributed by atoms with van der Waals surface area (Å²) in [6.07, 6.45) is -7.78. The van der Waals surface area contributed by atoms with Gasteiger partial charge in [0.1, 0.15) is 59.5 Å². The van der Waals surface area contributed by atoms with Crippen LogP contribution < -0.4 is 10.6 Å². The fourth-order valence-corrected chi connectivity index (χ4v) is 9.19. The van der Waals surface area contributed by atoms with E-state index < -0.39 is 80.8 Å². The lowest BCUT2D eigenvalue weighted by Crippen LogP contribution is -2.36. The number of nitrogen functional groups attached to an aromatic ring is 1. The highest BCUT2D eigenvalue weighted by Crippen LogP contribution is 2.60. The Kier molecular flexibility index (Phi) is 8.36. The molecule has 2 bridgehead atoms. The number of hydrogen-bond donors (Lipinski definition) is 5. The van der Waals surface area contributed by atoms with Crippen LogP contribution in [0.2, 0.25) is 0 Å². The fraction of sp³-hybridized carbons (Fsp3) is 0.476. The molecule has 3 aliphatic heterocycles. The zero-order valence-electron chi connectivity index (χ0n) is 22.9. The molecule has 0 saturated carbocycles. The Bertz CT molecular complexity index is 2000. The van der Waals surface area contributed by atoms with E-state index in [2.05, 4.69) is 61.1 Å². The second-order valence-electron chi connectivity index (χ2n) is 10.1. The van der Waals surface area contributed by atoms with E-state index in [0.717, 1.165) is 22.2 Å². The number of rotatable bonds is 3. The number of fused-ring (bicyclic) bond motifs is 5. The van der Waals surface area contributed by atoms with Crippen molar-refractivity contribution in [3.05, 3.63) is 28.6 Å². The molecule has 2 unspecified atom stereocenters. The molecule has 10 atom stereocenters. The maximum absolute atomic E-state index is 13.6. The lowest BCUT2D eigenvalue weighted by Gasteiger charge is -2.26. The molecule has 3 saturated heterocycles. The largest absolute Gasteiger partial charge is 0.387 e. The van der Waals surface area contributed by atoms with Crippen molar-refractivity contribution in [3.8, 4) is 0 Å². The molecule has 7 rings (SSSR count). The molecular formula is C21H23N9O11P2S3. The predicted octanol–water partition coefficient (Wildman–Crippen LogP) is 1.02. The van der Waals surface area contributed by atoms with Crippen molar-refractivity contribution in [3.63, 3.8) is 0 Å². The minimum Gasteiger partial charge on any atom is -0.387 e. The summed E-state index contributed by atoms with van der Waals surface area (Å²) in [4.78, 5) is 36.7. The SMILES string of the molecule is C=Nc1ncnc2c1sc(=O)n2[C@@H]1O[C@@H]2COP(=O)(S)O[C@H]3[C@@H](O)[C@H](n4cnc5c(N)ncnc54)O[C@@H]3COP(=O)(S)O[C@@H]1[C@@H]2O. The maximum atomic E-state index is 13.6. The molecule has 46 heavy (non-hydrogen) atoms. The quantitative estimate of drug-likeness (QED) is 0.112. The molecule has 4 N–H and O–H groups in total. The number of hydrogen-bond acceptors (Lipinski definition) is 19. The summed E-state index contributed by atoms with van der Waals surface area (Å²) in [5.74, 6) is 0.214. The van der Waals surface area contributed by atoms with Crippen molar-refractivity contribution in [1.82, 2.24) is 34.1 Å². The monoisotopic (exact) mass is 735 g/mol. The molecular weight excluding hydrogens is 712 g/mol. The number of thiazole rings is 1. The Morgan fingerprint density at radius 1 is 0.935 bits per heavy atom. The molecule has 0 radical (unpaired) electrons. The summed E-state index contributed by atoms with van der Waals surface area (Å²) in [7, 11) is 0. The van der Waals surface area contributed by atoms with Gasteiger partial charge < -0.3 is 25.4 Å².